The highest BCUT2D eigenvalue weighted by Gasteiger charge is 2.35. The summed E-state index contributed by atoms with van der Waals surface area (Å²) < 4.78 is 42.0. The molecule has 0 saturated heterocycles. The quantitative estimate of drug-likeness (QED) is 0.685. The minimum absolute atomic E-state index is 0.0511. The predicted molar refractivity (Wildman–Crippen MR) is 115 cm³/mol. The molecule has 0 radical (unpaired) electrons. The summed E-state index contributed by atoms with van der Waals surface area (Å²) in [5.74, 6) is -0.336. The van der Waals surface area contributed by atoms with Crippen LogP contribution in [-0.4, -0.2) is 66.2 Å². The number of rotatable bonds is 7. The molecule has 1 aromatic rings. The van der Waals surface area contributed by atoms with Gasteiger partial charge in [0, 0.05) is 38.3 Å². The topological polar surface area (TPSA) is 57.2 Å². The number of halogens is 3. The van der Waals surface area contributed by atoms with Gasteiger partial charge in [0.2, 0.25) is 5.91 Å². The Labute approximate surface area is 186 Å². The maximum atomic E-state index is 13.4. The molecule has 3 aliphatic rings. The molecule has 1 unspecified atom stereocenters. The highest BCUT2D eigenvalue weighted by atomic mass is 19.4. The average Bonchev–Trinajstić information content (AvgIpc) is 3.14. The van der Waals surface area contributed by atoms with Gasteiger partial charge in [-0.2, -0.15) is 0 Å². The van der Waals surface area contributed by atoms with Gasteiger partial charge in [-0.05, 0) is 56.2 Å². The second-order valence-electron chi connectivity index (χ2n) is 9.18. The molecule has 1 aliphatic heterocycles. The van der Waals surface area contributed by atoms with Crippen LogP contribution in [-0.2, 0) is 11.3 Å². The normalized spacial score (nSPS) is 26.1. The fourth-order valence-corrected chi connectivity index (χ4v) is 4.78. The first-order chi connectivity index (χ1) is 15.3. The van der Waals surface area contributed by atoms with Gasteiger partial charge in [0.15, 0.2) is 0 Å². The van der Waals surface area contributed by atoms with E-state index in [1.807, 2.05) is 16.8 Å². The van der Waals surface area contributed by atoms with Gasteiger partial charge >= 0.3 is 6.36 Å². The zero-order valence-corrected chi connectivity index (χ0v) is 18.4. The summed E-state index contributed by atoms with van der Waals surface area (Å²) in [5, 5.41) is 3.73. The summed E-state index contributed by atoms with van der Waals surface area (Å²) >= 11 is 0. The van der Waals surface area contributed by atoms with Gasteiger partial charge in [-0.1, -0.05) is 18.6 Å². The van der Waals surface area contributed by atoms with Crippen LogP contribution in [0.5, 0.6) is 5.75 Å². The van der Waals surface area contributed by atoms with E-state index in [1.54, 1.807) is 12.4 Å². The molecule has 1 aromatic carbocycles. The Morgan fingerprint density at radius 2 is 1.91 bits per heavy atom. The van der Waals surface area contributed by atoms with Crippen LogP contribution in [0.2, 0.25) is 0 Å². The van der Waals surface area contributed by atoms with Gasteiger partial charge in [0.25, 0.3) is 0 Å². The molecule has 1 N–H and O–H groups in total. The molecule has 4 rings (SSSR count). The first-order valence-electron chi connectivity index (χ1n) is 11.4. The lowest BCUT2D eigenvalue weighted by atomic mass is 9.86. The molecule has 1 amide bonds. The van der Waals surface area contributed by atoms with Crippen LogP contribution in [0, 0.1) is 0 Å². The largest absolute Gasteiger partial charge is 0.573 e. The van der Waals surface area contributed by atoms with Crippen LogP contribution < -0.4 is 10.1 Å². The number of benzene rings is 1. The number of ether oxygens (including phenoxy) is 1. The van der Waals surface area contributed by atoms with Crippen LogP contribution in [0.15, 0.2) is 29.3 Å². The maximum absolute atomic E-state index is 13.4. The number of likely N-dealkylation sites (N-methyl/N-ethyl adjacent to an activating group) is 1. The van der Waals surface area contributed by atoms with Gasteiger partial charge < -0.3 is 19.9 Å². The minimum Gasteiger partial charge on any atom is -0.406 e. The Balaban J connectivity index is 1.45. The third-order valence-electron chi connectivity index (χ3n) is 6.67. The van der Waals surface area contributed by atoms with E-state index in [4.69, 9.17) is 0 Å². The van der Waals surface area contributed by atoms with Crippen molar-refractivity contribution in [2.45, 2.75) is 82.0 Å². The number of amides is 1. The first kappa shape index (κ1) is 22.9. The van der Waals surface area contributed by atoms with Crippen LogP contribution in [0.4, 0.5) is 13.2 Å². The first-order valence-corrected chi connectivity index (χ1v) is 11.4. The number of carbonyl (C=O) groups is 1. The predicted octanol–water partition coefficient (Wildman–Crippen LogP) is 3.71. The lowest BCUT2D eigenvalue weighted by Crippen LogP contribution is -2.50. The highest BCUT2D eigenvalue weighted by Crippen LogP contribution is 2.30. The second-order valence-corrected chi connectivity index (χ2v) is 9.18. The van der Waals surface area contributed by atoms with Gasteiger partial charge in [0.1, 0.15) is 11.8 Å². The number of nitrogens with one attached hydrogen (secondary N) is 1. The van der Waals surface area contributed by atoms with Crippen molar-refractivity contribution in [2.24, 2.45) is 4.99 Å². The third-order valence-corrected chi connectivity index (χ3v) is 6.67. The lowest BCUT2D eigenvalue weighted by molar-refractivity contribution is -0.274. The van der Waals surface area contributed by atoms with E-state index in [1.165, 1.54) is 37.5 Å². The van der Waals surface area contributed by atoms with E-state index in [2.05, 4.69) is 15.0 Å². The van der Waals surface area contributed by atoms with Gasteiger partial charge in [-0.15, -0.1) is 13.2 Å². The lowest BCUT2D eigenvalue weighted by Gasteiger charge is -2.40. The maximum Gasteiger partial charge on any atom is 0.573 e. The summed E-state index contributed by atoms with van der Waals surface area (Å²) in [4.78, 5) is 21.4. The highest BCUT2D eigenvalue weighted by molar-refractivity contribution is 5.85. The van der Waals surface area contributed by atoms with Crippen molar-refractivity contribution in [1.82, 2.24) is 15.1 Å². The summed E-state index contributed by atoms with van der Waals surface area (Å²) in [5.41, 5.74) is 0.616. The molecule has 0 aromatic heterocycles. The molecular formula is C23H31F3N4O2. The average molecular weight is 453 g/mol. The van der Waals surface area contributed by atoms with Crippen LogP contribution >= 0.6 is 0 Å². The Kier molecular flexibility index (Phi) is 6.93. The van der Waals surface area contributed by atoms with Crippen molar-refractivity contribution in [1.29, 1.82) is 0 Å². The Bertz CT molecular complexity index is 820. The van der Waals surface area contributed by atoms with Crippen molar-refractivity contribution in [3.05, 3.63) is 29.8 Å². The summed E-state index contributed by atoms with van der Waals surface area (Å²) in [7, 11) is 1.87. The third kappa shape index (κ3) is 5.94. The molecule has 0 spiro atoms. The van der Waals surface area contributed by atoms with Gasteiger partial charge in [0.05, 0.1) is 6.34 Å². The fourth-order valence-electron chi connectivity index (χ4n) is 4.78. The molecule has 2 saturated carbocycles. The number of alkyl halides is 3. The van der Waals surface area contributed by atoms with Crippen LogP contribution in [0.1, 0.15) is 50.5 Å². The van der Waals surface area contributed by atoms with Gasteiger partial charge in [-0.25, -0.2) is 0 Å². The van der Waals surface area contributed by atoms with Crippen molar-refractivity contribution in [2.75, 3.05) is 13.6 Å². The van der Waals surface area contributed by atoms with E-state index in [9.17, 15) is 18.0 Å². The Hall–Kier alpha value is -2.29. The van der Waals surface area contributed by atoms with E-state index in [0.717, 1.165) is 25.7 Å². The molecule has 1 atom stereocenters. The molecule has 2 aliphatic carbocycles. The molecule has 2 fully saturated rings. The van der Waals surface area contributed by atoms with E-state index < -0.39 is 12.4 Å². The van der Waals surface area contributed by atoms with Crippen LogP contribution in [0.3, 0.4) is 0 Å². The van der Waals surface area contributed by atoms with Crippen molar-refractivity contribution in [3.63, 3.8) is 0 Å². The van der Waals surface area contributed by atoms with E-state index in [-0.39, 0.29) is 24.2 Å². The minimum atomic E-state index is -4.75. The summed E-state index contributed by atoms with van der Waals surface area (Å²) in [6.07, 6.45) is 4.44. The fraction of sp³-hybridized carbons (Fsp3) is 0.652. The molecular weight excluding hydrogens is 421 g/mol. The Morgan fingerprint density at radius 3 is 2.50 bits per heavy atom. The SMILES string of the molecule is CN1C=NC(C(=O)N(Cc2cccc(OC(F)(F)F)c2)C2CCC(NC3CCC3)CC2)C1. The molecule has 0 bridgehead atoms. The molecule has 1 heterocycles. The number of carbonyl (C=O) groups excluding carboxylic acids is 1. The summed E-state index contributed by atoms with van der Waals surface area (Å²) in [6, 6.07) is 6.59. The van der Waals surface area contributed by atoms with Crippen molar-refractivity contribution < 1.29 is 22.7 Å². The standard InChI is InChI=1S/C23H31F3N4O2/c1-29-14-21(27-15-29)22(31)30(13-16-4-2-7-20(12-16)32-23(24,25)26)19-10-8-18(9-11-19)28-17-5-3-6-17/h2,4,7,12,15,17-19,21,28H,3,5-6,8-11,13-14H2,1H3. The molecule has 176 valence electrons. The second kappa shape index (κ2) is 9.68. The van der Waals surface area contributed by atoms with Crippen LogP contribution in [0.25, 0.3) is 0 Å². The number of nitrogens with zero attached hydrogens (tertiary/aromatic N) is 3. The van der Waals surface area contributed by atoms with Crippen molar-refractivity contribution in [3.8, 4) is 5.75 Å². The molecule has 32 heavy (non-hydrogen) atoms. The summed E-state index contributed by atoms with van der Waals surface area (Å²) in [6.45, 7) is 0.764. The monoisotopic (exact) mass is 452 g/mol. The van der Waals surface area contributed by atoms with Crippen molar-refractivity contribution >= 4 is 12.2 Å². The van der Waals surface area contributed by atoms with E-state index >= 15 is 0 Å². The Morgan fingerprint density at radius 1 is 1.19 bits per heavy atom. The zero-order valence-electron chi connectivity index (χ0n) is 18.4. The number of aliphatic imine (C=N–C) groups is 1. The van der Waals surface area contributed by atoms with Gasteiger partial charge in [-0.3, -0.25) is 9.79 Å². The van der Waals surface area contributed by atoms with E-state index in [0.29, 0.717) is 24.2 Å². The zero-order chi connectivity index (χ0) is 22.7. The number of hydrogen-bond acceptors (Lipinski definition) is 5. The smallest absolute Gasteiger partial charge is 0.406 e. The molecule has 6 nitrogen and oxygen atoms in total. The molecule has 9 heteroatoms. The number of hydrogen-bond donors (Lipinski definition) is 1.